The van der Waals surface area contributed by atoms with Gasteiger partial charge in [0.05, 0.1) is 0 Å². The number of halogens is 3. The van der Waals surface area contributed by atoms with Gasteiger partial charge in [-0.25, -0.2) is 0 Å². The molecule has 0 aliphatic heterocycles. The maximum absolute atomic E-state index is 11.7. The number of anilines is 1. The number of nitrogens with zero attached hydrogens (tertiary/aromatic N) is 2. The zero-order valence-corrected chi connectivity index (χ0v) is 6.23. The van der Waals surface area contributed by atoms with Crippen molar-refractivity contribution in [1.82, 2.24) is 10.2 Å². The Morgan fingerprint density at radius 2 is 1.90 bits per heavy atom. The van der Waals surface area contributed by atoms with Crippen LogP contribution in [-0.4, -0.2) is 24.7 Å². The van der Waals surface area contributed by atoms with Crippen molar-refractivity contribution in [2.24, 2.45) is 0 Å². The minimum atomic E-state index is -4.36. The van der Waals surface area contributed by atoms with Crippen molar-refractivity contribution in [2.45, 2.75) is 6.18 Å². The predicted molar refractivity (Wildman–Crippen MR) is 28.4 cm³/mol. The van der Waals surface area contributed by atoms with Crippen molar-refractivity contribution in [1.29, 1.82) is 0 Å². The van der Waals surface area contributed by atoms with Gasteiger partial charge in [0.2, 0.25) is 0 Å². The Balaban J connectivity index is 2.96. The molecule has 0 radical (unpaired) electrons. The number of hydrogen-bond donors (Lipinski definition) is 1. The molecule has 56 valence electrons. The first-order valence-electron chi connectivity index (χ1n) is 2.16. The van der Waals surface area contributed by atoms with Gasteiger partial charge in [-0.3, -0.25) is 0 Å². The zero-order chi connectivity index (χ0) is 7.78. The summed E-state index contributed by atoms with van der Waals surface area (Å²) in [6.45, 7) is 0. The molecule has 0 saturated heterocycles. The summed E-state index contributed by atoms with van der Waals surface area (Å²) in [5.74, 6) is 0. The molecule has 3 nitrogen and oxygen atoms in total. The second-order valence-corrected chi connectivity index (χ2v) is 3.56. The average Bonchev–Trinajstić information content (AvgIpc) is 2.11. The van der Waals surface area contributed by atoms with Crippen LogP contribution in [0.2, 0.25) is 0 Å². The quantitative estimate of drug-likeness (QED) is 0.627. The van der Waals surface area contributed by atoms with E-state index in [2.05, 4.69) is 10.2 Å². The van der Waals surface area contributed by atoms with Crippen molar-refractivity contribution in [3.8, 4) is 0 Å². The Hall–Kier alpha value is -0.551. The fraction of sp³-hybridized carbons (Fsp3) is 0.333. The molecule has 0 amide bonds. The van der Waals surface area contributed by atoms with E-state index in [0.29, 0.717) is 0 Å². The molecule has 2 N–H and O–H groups in total. The van der Waals surface area contributed by atoms with Crippen LogP contribution in [0.15, 0.2) is 0 Å². The Morgan fingerprint density at radius 1 is 1.30 bits per heavy atom. The summed E-state index contributed by atoms with van der Waals surface area (Å²) >= 11 is -0.918. The molecule has 0 unspecified atom stereocenters. The molecular weight excluding hydrogens is 214 g/mol. The van der Waals surface area contributed by atoms with E-state index in [4.69, 9.17) is 5.73 Å². The number of nitrogen functional groups attached to an aromatic ring is 1. The third kappa shape index (κ3) is 1.48. The van der Waals surface area contributed by atoms with Gasteiger partial charge in [-0.2, -0.15) is 0 Å². The van der Waals surface area contributed by atoms with Gasteiger partial charge in [0.25, 0.3) is 0 Å². The number of nitrogens with two attached hydrogens (primary N) is 1. The molecule has 1 rings (SSSR count). The van der Waals surface area contributed by atoms with Crippen LogP contribution in [0.5, 0.6) is 0 Å². The third-order valence-corrected chi connectivity index (χ3v) is 2.36. The van der Waals surface area contributed by atoms with Gasteiger partial charge < -0.3 is 0 Å². The number of alkyl halides is 3. The molecule has 0 saturated carbocycles. The van der Waals surface area contributed by atoms with Crippen LogP contribution in [-0.2, 0) is 6.18 Å². The monoisotopic (exact) mass is 217 g/mol. The maximum atomic E-state index is 11.7. The molecule has 0 aliphatic rings. The molecule has 0 aromatic carbocycles. The van der Waals surface area contributed by atoms with E-state index >= 15 is 0 Å². The SMILES string of the molecule is Nc1nnc(C(F)(F)F)[se]1. The Morgan fingerprint density at radius 3 is 2.10 bits per heavy atom. The summed E-state index contributed by atoms with van der Waals surface area (Å²) in [6, 6.07) is 0. The average molecular weight is 216 g/mol. The van der Waals surface area contributed by atoms with Crippen LogP contribution in [0.4, 0.5) is 17.9 Å². The first kappa shape index (κ1) is 7.56. The van der Waals surface area contributed by atoms with Crippen molar-refractivity contribution >= 4 is 19.2 Å². The van der Waals surface area contributed by atoms with Crippen LogP contribution in [0.3, 0.4) is 0 Å². The molecule has 0 spiro atoms. The number of hydrogen-bond acceptors (Lipinski definition) is 3. The molecule has 0 atom stereocenters. The second kappa shape index (κ2) is 2.25. The third-order valence-electron chi connectivity index (χ3n) is 0.683. The van der Waals surface area contributed by atoms with Crippen molar-refractivity contribution in [3.05, 3.63) is 4.57 Å². The topological polar surface area (TPSA) is 51.8 Å². The van der Waals surface area contributed by atoms with E-state index in [1.807, 2.05) is 0 Å². The standard InChI is InChI=1S/C3H2F3N3Se/c4-3(5,6)1-8-9-2(7)10-1/h(H2,7,9). The van der Waals surface area contributed by atoms with Crippen molar-refractivity contribution in [3.63, 3.8) is 0 Å². The van der Waals surface area contributed by atoms with Gasteiger partial charge in [-0.1, -0.05) is 0 Å². The molecule has 0 aliphatic carbocycles. The second-order valence-electron chi connectivity index (χ2n) is 1.44. The zero-order valence-electron chi connectivity index (χ0n) is 4.51. The van der Waals surface area contributed by atoms with Crippen LogP contribution < -0.4 is 5.73 Å². The molecule has 1 aromatic rings. The molecule has 0 bridgehead atoms. The van der Waals surface area contributed by atoms with Crippen molar-refractivity contribution in [2.75, 3.05) is 5.73 Å². The summed E-state index contributed by atoms with van der Waals surface area (Å²) in [5.41, 5.74) is 4.98. The summed E-state index contributed by atoms with van der Waals surface area (Å²) in [6.07, 6.45) is -4.36. The normalized spacial score (nSPS) is 11.9. The first-order chi connectivity index (χ1) is 4.50. The Labute approximate surface area is 59.8 Å². The molecule has 1 aromatic heterocycles. The van der Waals surface area contributed by atoms with E-state index in [1.165, 1.54) is 0 Å². The van der Waals surface area contributed by atoms with Crippen molar-refractivity contribution < 1.29 is 13.2 Å². The van der Waals surface area contributed by atoms with E-state index in [9.17, 15) is 13.2 Å². The van der Waals surface area contributed by atoms with Gasteiger partial charge in [0.15, 0.2) is 0 Å². The Bertz CT molecular complexity index is 229. The summed E-state index contributed by atoms with van der Waals surface area (Å²) in [4.78, 5) is 0. The number of aromatic nitrogens is 2. The summed E-state index contributed by atoms with van der Waals surface area (Å²) in [5, 5.41) is 5.94. The van der Waals surface area contributed by atoms with E-state index in [1.54, 1.807) is 0 Å². The minimum absolute atomic E-state index is 0.0279. The molecule has 10 heavy (non-hydrogen) atoms. The van der Waals surface area contributed by atoms with Gasteiger partial charge in [0.1, 0.15) is 0 Å². The fourth-order valence-corrected chi connectivity index (χ4v) is 1.35. The molecule has 0 fully saturated rings. The first-order valence-corrected chi connectivity index (χ1v) is 3.87. The summed E-state index contributed by atoms with van der Waals surface area (Å²) < 4.78 is 34.2. The van der Waals surface area contributed by atoms with Crippen LogP contribution in [0.1, 0.15) is 4.57 Å². The molecule has 7 heteroatoms. The van der Waals surface area contributed by atoms with Crippen LogP contribution >= 0.6 is 0 Å². The number of rotatable bonds is 0. The molecule has 1 heterocycles. The van der Waals surface area contributed by atoms with E-state index < -0.39 is 25.2 Å². The summed E-state index contributed by atoms with van der Waals surface area (Å²) in [7, 11) is 0. The van der Waals surface area contributed by atoms with E-state index in [-0.39, 0.29) is 4.69 Å². The molecular formula is C3H2F3N3Se. The predicted octanol–water partition coefficient (Wildman–Crippen LogP) is 0.135. The Kier molecular flexibility index (Phi) is 1.70. The van der Waals surface area contributed by atoms with E-state index in [0.717, 1.165) is 0 Å². The van der Waals surface area contributed by atoms with Crippen LogP contribution in [0, 0.1) is 0 Å². The van der Waals surface area contributed by atoms with Gasteiger partial charge in [-0.05, 0) is 0 Å². The van der Waals surface area contributed by atoms with Gasteiger partial charge in [-0.15, -0.1) is 0 Å². The van der Waals surface area contributed by atoms with Crippen LogP contribution in [0.25, 0.3) is 0 Å². The van der Waals surface area contributed by atoms with Gasteiger partial charge >= 0.3 is 59.0 Å². The fourth-order valence-electron chi connectivity index (χ4n) is 0.349. The van der Waals surface area contributed by atoms with Gasteiger partial charge in [0, 0.05) is 0 Å².